The van der Waals surface area contributed by atoms with E-state index in [2.05, 4.69) is 4.99 Å². The fraction of sp³-hybridized carbons (Fsp3) is 0.364. The molecule has 1 aromatic rings. The highest BCUT2D eigenvalue weighted by molar-refractivity contribution is 5.82. The van der Waals surface area contributed by atoms with E-state index in [9.17, 15) is 0 Å². The van der Waals surface area contributed by atoms with Gasteiger partial charge in [0.25, 0.3) is 0 Å². The van der Waals surface area contributed by atoms with Crippen LogP contribution in [-0.2, 0) is 0 Å². The minimum absolute atomic E-state index is 0.638. The lowest BCUT2D eigenvalue weighted by molar-refractivity contribution is 0.340. The van der Waals surface area contributed by atoms with Crippen LogP contribution in [0.15, 0.2) is 29.3 Å². The first-order valence-corrected chi connectivity index (χ1v) is 4.82. The molecule has 0 unspecified atom stereocenters. The number of nitrogens with zero attached hydrogens (tertiary/aromatic N) is 1. The molecule has 0 atom stereocenters. The highest BCUT2D eigenvalue weighted by Gasteiger charge is 1.95. The molecule has 3 heteroatoms. The number of amidine groups is 1. The number of nitrogens with two attached hydrogens (primary N) is 1. The van der Waals surface area contributed by atoms with Gasteiger partial charge >= 0.3 is 0 Å². The summed E-state index contributed by atoms with van der Waals surface area (Å²) in [5.74, 6) is 1.47. The van der Waals surface area contributed by atoms with E-state index in [1.54, 1.807) is 0 Å². The van der Waals surface area contributed by atoms with Gasteiger partial charge in [-0.3, -0.25) is 0 Å². The summed E-state index contributed by atoms with van der Waals surface area (Å²) >= 11 is 0. The molecule has 3 nitrogen and oxygen atoms in total. The zero-order valence-corrected chi connectivity index (χ0v) is 8.66. The molecular weight excluding hydrogens is 176 g/mol. The van der Waals surface area contributed by atoms with Crippen molar-refractivity contribution in [2.45, 2.75) is 20.3 Å². The third kappa shape index (κ3) is 3.09. The Balaban J connectivity index is 2.83. The van der Waals surface area contributed by atoms with Crippen molar-refractivity contribution in [3.8, 4) is 5.75 Å². The number of aliphatic imine (C=N–C) groups is 1. The molecule has 0 saturated carbocycles. The molecule has 1 rings (SSSR count). The molecule has 0 radical (unpaired) electrons. The zero-order chi connectivity index (χ0) is 10.4. The van der Waals surface area contributed by atoms with E-state index in [1.807, 2.05) is 38.1 Å². The lowest BCUT2D eigenvalue weighted by Gasteiger charge is -2.03. The van der Waals surface area contributed by atoms with Gasteiger partial charge in [-0.2, -0.15) is 0 Å². The lowest BCUT2D eigenvalue weighted by atomic mass is 10.3. The minimum atomic E-state index is 0.638. The van der Waals surface area contributed by atoms with Gasteiger partial charge in [0.2, 0.25) is 0 Å². The van der Waals surface area contributed by atoms with Crippen LogP contribution in [-0.4, -0.2) is 12.4 Å². The maximum absolute atomic E-state index is 5.64. The standard InChI is InChI=1S/C11H16N2O/c1-3-11(12)13-9-6-5-7-10(8-9)14-4-2/h5-8H,3-4H2,1-2H3,(H2,12,13). The summed E-state index contributed by atoms with van der Waals surface area (Å²) in [5, 5.41) is 0. The van der Waals surface area contributed by atoms with Crippen LogP contribution in [0.5, 0.6) is 5.75 Å². The van der Waals surface area contributed by atoms with Crippen LogP contribution in [0.3, 0.4) is 0 Å². The Morgan fingerprint density at radius 3 is 2.86 bits per heavy atom. The van der Waals surface area contributed by atoms with Gasteiger partial charge in [0.15, 0.2) is 0 Å². The van der Waals surface area contributed by atoms with Crippen LogP contribution < -0.4 is 10.5 Å². The van der Waals surface area contributed by atoms with Crippen molar-refractivity contribution in [2.75, 3.05) is 6.61 Å². The maximum Gasteiger partial charge on any atom is 0.121 e. The highest BCUT2D eigenvalue weighted by Crippen LogP contribution is 2.19. The summed E-state index contributed by atoms with van der Waals surface area (Å²) in [6.07, 6.45) is 0.763. The maximum atomic E-state index is 5.64. The summed E-state index contributed by atoms with van der Waals surface area (Å²) < 4.78 is 5.35. The van der Waals surface area contributed by atoms with Gasteiger partial charge in [-0.25, -0.2) is 4.99 Å². The van der Waals surface area contributed by atoms with E-state index < -0.39 is 0 Å². The second-order valence-electron chi connectivity index (χ2n) is 2.89. The molecule has 0 amide bonds. The highest BCUT2D eigenvalue weighted by atomic mass is 16.5. The lowest BCUT2D eigenvalue weighted by Crippen LogP contribution is -2.08. The second kappa shape index (κ2) is 5.27. The number of benzene rings is 1. The quantitative estimate of drug-likeness (QED) is 0.588. The molecule has 0 aliphatic carbocycles. The van der Waals surface area contributed by atoms with Crippen molar-refractivity contribution < 1.29 is 4.74 Å². The van der Waals surface area contributed by atoms with Crippen LogP contribution in [0, 0.1) is 0 Å². The Kier molecular flexibility index (Phi) is 3.98. The Morgan fingerprint density at radius 2 is 2.21 bits per heavy atom. The summed E-state index contributed by atoms with van der Waals surface area (Å²) in [5.41, 5.74) is 6.48. The molecule has 0 heterocycles. The van der Waals surface area contributed by atoms with Crippen molar-refractivity contribution in [3.63, 3.8) is 0 Å². The molecule has 0 aromatic heterocycles. The fourth-order valence-corrected chi connectivity index (χ4v) is 1.05. The fourth-order valence-electron chi connectivity index (χ4n) is 1.05. The van der Waals surface area contributed by atoms with Crippen molar-refractivity contribution in [2.24, 2.45) is 10.7 Å². The predicted molar refractivity (Wildman–Crippen MR) is 59.2 cm³/mol. The van der Waals surface area contributed by atoms with Crippen LogP contribution in [0.4, 0.5) is 5.69 Å². The predicted octanol–water partition coefficient (Wildman–Crippen LogP) is 2.48. The Labute approximate surface area is 84.6 Å². The van der Waals surface area contributed by atoms with Crippen LogP contribution in [0.25, 0.3) is 0 Å². The van der Waals surface area contributed by atoms with E-state index in [0.717, 1.165) is 17.9 Å². The average molecular weight is 192 g/mol. The van der Waals surface area contributed by atoms with Gasteiger partial charge in [0.1, 0.15) is 5.75 Å². The van der Waals surface area contributed by atoms with Gasteiger partial charge in [-0.15, -0.1) is 0 Å². The van der Waals surface area contributed by atoms with Crippen molar-refractivity contribution in [1.29, 1.82) is 0 Å². The first-order chi connectivity index (χ1) is 6.76. The molecule has 76 valence electrons. The monoisotopic (exact) mass is 192 g/mol. The molecule has 0 fully saturated rings. The van der Waals surface area contributed by atoms with Crippen LogP contribution >= 0.6 is 0 Å². The number of hydrogen-bond donors (Lipinski definition) is 1. The molecule has 0 aliphatic rings. The first-order valence-electron chi connectivity index (χ1n) is 4.82. The SMILES string of the molecule is CCOc1cccc(N=C(N)CC)c1. The molecule has 0 bridgehead atoms. The Morgan fingerprint density at radius 1 is 1.43 bits per heavy atom. The molecule has 0 saturated heterocycles. The molecule has 14 heavy (non-hydrogen) atoms. The summed E-state index contributed by atoms with van der Waals surface area (Å²) in [4.78, 5) is 4.23. The van der Waals surface area contributed by atoms with E-state index in [4.69, 9.17) is 10.5 Å². The van der Waals surface area contributed by atoms with Gasteiger partial charge in [0.05, 0.1) is 18.1 Å². The molecule has 2 N–H and O–H groups in total. The van der Waals surface area contributed by atoms with Gasteiger partial charge in [0, 0.05) is 12.5 Å². The number of hydrogen-bond acceptors (Lipinski definition) is 2. The van der Waals surface area contributed by atoms with E-state index in [0.29, 0.717) is 12.4 Å². The van der Waals surface area contributed by atoms with Crippen molar-refractivity contribution >= 4 is 11.5 Å². The summed E-state index contributed by atoms with van der Waals surface area (Å²) in [6.45, 7) is 4.60. The smallest absolute Gasteiger partial charge is 0.121 e. The van der Waals surface area contributed by atoms with Gasteiger partial charge < -0.3 is 10.5 Å². The second-order valence-corrected chi connectivity index (χ2v) is 2.89. The Bertz CT molecular complexity index is 321. The molecule has 0 spiro atoms. The summed E-state index contributed by atoms with van der Waals surface area (Å²) in [6, 6.07) is 7.61. The third-order valence-electron chi connectivity index (χ3n) is 1.76. The topological polar surface area (TPSA) is 47.6 Å². The van der Waals surface area contributed by atoms with Gasteiger partial charge in [-0.1, -0.05) is 13.0 Å². The van der Waals surface area contributed by atoms with E-state index in [1.165, 1.54) is 0 Å². The third-order valence-corrected chi connectivity index (χ3v) is 1.76. The largest absolute Gasteiger partial charge is 0.494 e. The summed E-state index contributed by atoms with van der Waals surface area (Å²) in [7, 11) is 0. The van der Waals surface area contributed by atoms with E-state index >= 15 is 0 Å². The zero-order valence-electron chi connectivity index (χ0n) is 8.66. The van der Waals surface area contributed by atoms with Gasteiger partial charge in [-0.05, 0) is 19.1 Å². The van der Waals surface area contributed by atoms with Crippen LogP contribution in [0.2, 0.25) is 0 Å². The normalized spacial score (nSPS) is 11.4. The van der Waals surface area contributed by atoms with Crippen molar-refractivity contribution in [1.82, 2.24) is 0 Å². The Hall–Kier alpha value is -1.51. The van der Waals surface area contributed by atoms with Crippen molar-refractivity contribution in [3.05, 3.63) is 24.3 Å². The molecule has 1 aromatic carbocycles. The minimum Gasteiger partial charge on any atom is -0.494 e. The van der Waals surface area contributed by atoms with Crippen LogP contribution in [0.1, 0.15) is 20.3 Å². The number of rotatable bonds is 4. The first kappa shape index (κ1) is 10.6. The molecule has 0 aliphatic heterocycles. The number of ether oxygens (including phenoxy) is 1. The van der Waals surface area contributed by atoms with E-state index in [-0.39, 0.29) is 0 Å². The molecular formula is C11H16N2O. The average Bonchev–Trinajstić information content (AvgIpc) is 2.19.